The van der Waals surface area contributed by atoms with Gasteiger partial charge in [0.2, 0.25) is 5.91 Å². The second-order valence-corrected chi connectivity index (χ2v) is 8.13. The lowest BCUT2D eigenvalue weighted by atomic mass is 9.99. The molecule has 0 aliphatic carbocycles. The molecule has 162 valence electrons. The second kappa shape index (κ2) is 8.79. The van der Waals surface area contributed by atoms with Crippen LogP contribution in [0.1, 0.15) is 54.9 Å². The third kappa shape index (κ3) is 4.40. The highest BCUT2D eigenvalue weighted by Crippen LogP contribution is 2.37. The molecular weight excluding hydrogens is 394 g/mol. The fraction of sp³-hybridized carbons (Fsp3) is 0.375. The molecule has 0 bridgehead atoms. The lowest BCUT2D eigenvalue weighted by Gasteiger charge is -2.33. The van der Waals surface area contributed by atoms with Crippen LogP contribution >= 0.6 is 0 Å². The summed E-state index contributed by atoms with van der Waals surface area (Å²) in [5, 5.41) is 5.61. The van der Waals surface area contributed by atoms with Crippen molar-refractivity contribution < 1.29 is 19.1 Å². The van der Waals surface area contributed by atoms with Gasteiger partial charge in [0.25, 0.3) is 5.91 Å². The van der Waals surface area contributed by atoms with Crippen LogP contribution in [0, 0.1) is 0 Å². The van der Waals surface area contributed by atoms with Gasteiger partial charge in [-0.15, -0.1) is 0 Å². The Kier molecular flexibility index (Phi) is 5.93. The molecule has 2 aromatic rings. The second-order valence-electron chi connectivity index (χ2n) is 8.13. The summed E-state index contributed by atoms with van der Waals surface area (Å²) >= 11 is 0. The van der Waals surface area contributed by atoms with Crippen molar-refractivity contribution in [2.45, 2.75) is 45.1 Å². The summed E-state index contributed by atoms with van der Waals surface area (Å²) in [6.07, 6.45) is 2.86. The third-order valence-electron chi connectivity index (χ3n) is 6.07. The number of carbonyl (C=O) groups excluding carboxylic acids is 3. The number of anilines is 3. The molecule has 2 aromatic carbocycles. The zero-order valence-electron chi connectivity index (χ0n) is 17.8. The maximum atomic E-state index is 12.4. The number of hydrogen-bond donors (Lipinski definition) is 2. The Morgan fingerprint density at radius 3 is 2.74 bits per heavy atom. The molecule has 0 spiro atoms. The lowest BCUT2D eigenvalue weighted by Crippen LogP contribution is -2.43. The van der Waals surface area contributed by atoms with Crippen LogP contribution in [0.4, 0.5) is 17.1 Å². The van der Waals surface area contributed by atoms with Gasteiger partial charge in [-0.25, -0.2) is 4.79 Å². The number of rotatable bonds is 6. The number of nitrogens with zero attached hydrogens (tertiary/aromatic N) is 1. The molecule has 0 saturated carbocycles. The van der Waals surface area contributed by atoms with E-state index in [0.29, 0.717) is 22.9 Å². The molecule has 4 rings (SSSR count). The zero-order valence-corrected chi connectivity index (χ0v) is 17.8. The molecule has 7 heteroatoms. The molecule has 2 atom stereocenters. The maximum Gasteiger partial charge on any atom is 0.338 e. The van der Waals surface area contributed by atoms with Crippen molar-refractivity contribution in [2.75, 3.05) is 28.7 Å². The van der Waals surface area contributed by atoms with Crippen molar-refractivity contribution in [2.24, 2.45) is 0 Å². The van der Waals surface area contributed by atoms with Crippen molar-refractivity contribution >= 4 is 34.8 Å². The van der Waals surface area contributed by atoms with E-state index in [9.17, 15) is 14.4 Å². The van der Waals surface area contributed by atoms with E-state index in [1.165, 1.54) is 5.56 Å². The molecule has 2 heterocycles. The summed E-state index contributed by atoms with van der Waals surface area (Å²) in [5.74, 6) is -0.601. The molecule has 1 saturated heterocycles. The molecule has 0 radical (unpaired) electrons. The first-order valence-electron chi connectivity index (χ1n) is 10.7. The topological polar surface area (TPSA) is 87.7 Å². The number of benzene rings is 2. The largest absolute Gasteiger partial charge is 0.452 e. The minimum Gasteiger partial charge on any atom is -0.452 e. The van der Waals surface area contributed by atoms with Gasteiger partial charge in [-0.2, -0.15) is 0 Å². The van der Waals surface area contributed by atoms with Crippen LogP contribution in [0.5, 0.6) is 0 Å². The Balaban J connectivity index is 1.34. The molecule has 1 fully saturated rings. The average molecular weight is 421 g/mol. The minimum absolute atomic E-state index is 0.0470. The first-order chi connectivity index (χ1) is 15.0. The Labute approximate surface area is 181 Å². The van der Waals surface area contributed by atoms with Crippen LogP contribution in [0.15, 0.2) is 42.5 Å². The van der Waals surface area contributed by atoms with Gasteiger partial charge in [0, 0.05) is 12.2 Å². The molecule has 2 aliphatic heterocycles. The van der Waals surface area contributed by atoms with E-state index in [-0.39, 0.29) is 18.6 Å². The van der Waals surface area contributed by atoms with Crippen LogP contribution in [0.25, 0.3) is 0 Å². The summed E-state index contributed by atoms with van der Waals surface area (Å²) in [7, 11) is 0. The number of ether oxygens (including phenoxy) is 1. The van der Waals surface area contributed by atoms with Gasteiger partial charge in [0.1, 0.15) is 6.04 Å². The standard InChI is InChI=1S/C24H27N3O4/c1-3-15(2)16-6-9-18(10-7-16)25-22(28)14-31-24(30)17-8-11-20-19(13-17)26-23(29)21-5-4-12-27(20)21/h6-11,13,15,21H,3-5,12,14H2,1-2H3,(H,25,28)(H,26,29)/t15-,21+/m1/s1. The Morgan fingerprint density at radius 2 is 2.00 bits per heavy atom. The number of carbonyl (C=O) groups is 3. The number of hydrogen-bond acceptors (Lipinski definition) is 5. The summed E-state index contributed by atoms with van der Waals surface area (Å²) < 4.78 is 5.17. The van der Waals surface area contributed by atoms with E-state index in [1.807, 2.05) is 30.3 Å². The van der Waals surface area contributed by atoms with E-state index in [1.54, 1.807) is 12.1 Å². The van der Waals surface area contributed by atoms with Gasteiger partial charge in [0.15, 0.2) is 6.61 Å². The number of esters is 1. The van der Waals surface area contributed by atoms with Crippen molar-refractivity contribution in [3.05, 3.63) is 53.6 Å². The van der Waals surface area contributed by atoms with Gasteiger partial charge < -0.3 is 20.3 Å². The highest BCUT2D eigenvalue weighted by atomic mass is 16.5. The van der Waals surface area contributed by atoms with Crippen molar-refractivity contribution in [3.63, 3.8) is 0 Å². The van der Waals surface area contributed by atoms with E-state index < -0.39 is 11.9 Å². The van der Waals surface area contributed by atoms with Crippen LogP contribution in [0.2, 0.25) is 0 Å². The summed E-state index contributed by atoms with van der Waals surface area (Å²) in [5.41, 5.74) is 3.68. The fourth-order valence-electron chi connectivity index (χ4n) is 4.10. The molecule has 7 nitrogen and oxygen atoms in total. The van der Waals surface area contributed by atoms with E-state index >= 15 is 0 Å². The smallest absolute Gasteiger partial charge is 0.338 e. The van der Waals surface area contributed by atoms with E-state index in [0.717, 1.165) is 31.5 Å². The normalized spacial score (nSPS) is 17.9. The Hall–Kier alpha value is -3.35. The molecule has 2 aliphatic rings. The van der Waals surface area contributed by atoms with Gasteiger partial charge in [-0.3, -0.25) is 9.59 Å². The SMILES string of the molecule is CC[C@@H](C)c1ccc(NC(=O)COC(=O)c2ccc3c(c2)NC(=O)[C@@H]2CCCN32)cc1. The van der Waals surface area contributed by atoms with Crippen molar-refractivity contribution in [1.29, 1.82) is 0 Å². The van der Waals surface area contributed by atoms with Gasteiger partial charge in [-0.1, -0.05) is 26.0 Å². The Morgan fingerprint density at radius 1 is 1.23 bits per heavy atom. The minimum atomic E-state index is -0.608. The molecule has 0 aromatic heterocycles. The fourth-order valence-corrected chi connectivity index (χ4v) is 4.10. The zero-order chi connectivity index (χ0) is 22.0. The van der Waals surface area contributed by atoms with Gasteiger partial charge in [0.05, 0.1) is 16.9 Å². The predicted octanol–water partition coefficient (Wildman–Crippen LogP) is 3.92. The molecule has 0 unspecified atom stereocenters. The third-order valence-corrected chi connectivity index (χ3v) is 6.07. The van der Waals surface area contributed by atoms with Crippen molar-refractivity contribution in [3.8, 4) is 0 Å². The maximum absolute atomic E-state index is 12.4. The van der Waals surface area contributed by atoms with Crippen molar-refractivity contribution in [1.82, 2.24) is 0 Å². The predicted molar refractivity (Wildman–Crippen MR) is 119 cm³/mol. The summed E-state index contributed by atoms with van der Waals surface area (Å²) in [6, 6.07) is 12.6. The highest BCUT2D eigenvalue weighted by molar-refractivity contribution is 6.05. The first kappa shape index (κ1) is 20.9. The highest BCUT2D eigenvalue weighted by Gasteiger charge is 2.36. The van der Waals surface area contributed by atoms with Gasteiger partial charge >= 0.3 is 5.97 Å². The number of nitrogens with one attached hydrogen (secondary N) is 2. The molecular formula is C24H27N3O4. The first-order valence-corrected chi connectivity index (χ1v) is 10.7. The van der Waals surface area contributed by atoms with E-state index in [2.05, 4.69) is 29.4 Å². The summed E-state index contributed by atoms with van der Waals surface area (Å²) in [6.45, 7) is 4.73. The van der Waals surface area contributed by atoms with E-state index in [4.69, 9.17) is 4.74 Å². The molecule has 2 amide bonds. The van der Waals surface area contributed by atoms with Gasteiger partial charge in [-0.05, 0) is 61.1 Å². The molecule has 31 heavy (non-hydrogen) atoms. The average Bonchev–Trinajstić information content (AvgIpc) is 3.28. The molecule has 2 N–H and O–H groups in total. The lowest BCUT2D eigenvalue weighted by molar-refractivity contribution is -0.119. The van der Waals surface area contributed by atoms with Crippen LogP contribution < -0.4 is 15.5 Å². The summed E-state index contributed by atoms with van der Waals surface area (Å²) in [4.78, 5) is 38.9. The van der Waals surface area contributed by atoms with Crippen LogP contribution in [-0.4, -0.2) is 37.0 Å². The van der Waals surface area contributed by atoms with Crippen LogP contribution in [-0.2, 0) is 14.3 Å². The monoisotopic (exact) mass is 421 g/mol. The number of fused-ring (bicyclic) bond motifs is 3. The Bertz CT molecular complexity index is 1000. The van der Waals surface area contributed by atoms with Crippen LogP contribution in [0.3, 0.4) is 0 Å². The quantitative estimate of drug-likeness (QED) is 0.691. The number of amides is 2.